The third-order valence-corrected chi connectivity index (χ3v) is 3.68. The Labute approximate surface area is 129 Å². The summed E-state index contributed by atoms with van der Waals surface area (Å²) in [6.07, 6.45) is 0. The van der Waals surface area contributed by atoms with E-state index in [0.29, 0.717) is 11.8 Å². The number of imidazole rings is 1. The summed E-state index contributed by atoms with van der Waals surface area (Å²) in [5.74, 6) is 1.61. The fourth-order valence-electron chi connectivity index (χ4n) is 2.08. The number of methoxy groups -OCH3 is 1. The molecule has 0 aliphatic rings. The number of nitrogens with zero attached hydrogens (tertiary/aromatic N) is 3. The van der Waals surface area contributed by atoms with Crippen LogP contribution in [0.3, 0.4) is 0 Å². The molecule has 0 atom stereocenters. The van der Waals surface area contributed by atoms with Crippen molar-refractivity contribution in [2.75, 3.05) is 7.11 Å². The average molecular weight is 353 g/mol. The van der Waals surface area contributed by atoms with Crippen molar-refractivity contribution >= 4 is 38.7 Å². The van der Waals surface area contributed by atoms with Crippen LogP contribution in [-0.4, -0.2) is 21.6 Å². The first-order valence-corrected chi connectivity index (χ1v) is 7.30. The van der Waals surface area contributed by atoms with Crippen molar-refractivity contribution in [3.8, 4) is 11.6 Å². The number of fused-ring (bicyclic) bond motifs is 1. The molecule has 3 aromatic rings. The second-order valence-electron chi connectivity index (χ2n) is 4.17. The van der Waals surface area contributed by atoms with Crippen LogP contribution < -0.4 is 4.74 Å². The maximum atomic E-state index is 6.01. The minimum Gasteiger partial charge on any atom is -0.481 e. The van der Waals surface area contributed by atoms with Gasteiger partial charge in [0.1, 0.15) is 11.3 Å². The maximum absolute atomic E-state index is 6.01. The average Bonchev–Trinajstić information content (AvgIpc) is 2.84. The fourth-order valence-corrected chi connectivity index (χ4v) is 2.64. The molecule has 0 unspecified atom stereocenters. The van der Waals surface area contributed by atoms with Crippen LogP contribution in [0.25, 0.3) is 16.9 Å². The first-order valence-electron chi connectivity index (χ1n) is 5.97. The maximum Gasteiger partial charge on any atom is 0.215 e. The number of aromatic nitrogens is 3. The molecule has 20 heavy (non-hydrogen) atoms. The van der Waals surface area contributed by atoms with Crippen molar-refractivity contribution in [3.63, 3.8) is 0 Å². The molecule has 0 radical (unpaired) electrons. The predicted molar refractivity (Wildman–Crippen MR) is 82.7 cm³/mol. The van der Waals surface area contributed by atoms with E-state index in [1.54, 1.807) is 13.2 Å². The normalized spacial score (nSPS) is 10.9. The molecule has 0 aliphatic heterocycles. The Balaban J connectivity index is 2.31. The first kappa shape index (κ1) is 13.4. The molecule has 0 spiro atoms. The summed E-state index contributed by atoms with van der Waals surface area (Å²) in [5.41, 5.74) is 2.48. The van der Waals surface area contributed by atoms with Gasteiger partial charge in [-0.1, -0.05) is 22.0 Å². The number of hydrogen-bond donors (Lipinski definition) is 0. The van der Waals surface area contributed by atoms with Gasteiger partial charge in [0.05, 0.1) is 18.7 Å². The SMILES string of the molecule is COc1ccc2nc(CCl)n(-c3cccc(Br)c3)c2n1. The highest BCUT2D eigenvalue weighted by atomic mass is 79.9. The van der Waals surface area contributed by atoms with Gasteiger partial charge < -0.3 is 4.74 Å². The molecular formula is C14H11BrClN3O. The zero-order valence-electron chi connectivity index (χ0n) is 10.7. The number of pyridine rings is 1. The summed E-state index contributed by atoms with van der Waals surface area (Å²) >= 11 is 9.49. The van der Waals surface area contributed by atoms with Gasteiger partial charge in [0.15, 0.2) is 5.65 Å². The largest absolute Gasteiger partial charge is 0.481 e. The van der Waals surface area contributed by atoms with E-state index in [1.807, 2.05) is 34.9 Å². The van der Waals surface area contributed by atoms with Crippen molar-refractivity contribution in [2.24, 2.45) is 0 Å². The molecule has 6 heteroatoms. The second kappa shape index (κ2) is 5.42. The van der Waals surface area contributed by atoms with E-state index in [4.69, 9.17) is 16.3 Å². The Morgan fingerprint density at radius 1 is 1.25 bits per heavy atom. The van der Waals surface area contributed by atoms with Crippen molar-refractivity contribution in [1.29, 1.82) is 0 Å². The lowest BCUT2D eigenvalue weighted by Gasteiger charge is -2.08. The lowest BCUT2D eigenvalue weighted by atomic mass is 10.3. The first-order chi connectivity index (χ1) is 9.72. The highest BCUT2D eigenvalue weighted by Gasteiger charge is 2.14. The van der Waals surface area contributed by atoms with Gasteiger partial charge in [-0.3, -0.25) is 4.57 Å². The Hall–Kier alpha value is -1.59. The molecule has 102 valence electrons. The summed E-state index contributed by atoms with van der Waals surface area (Å²) in [6, 6.07) is 11.6. The summed E-state index contributed by atoms with van der Waals surface area (Å²) in [5, 5.41) is 0. The monoisotopic (exact) mass is 351 g/mol. The Morgan fingerprint density at radius 2 is 2.10 bits per heavy atom. The minimum atomic E-state index is 0.311. The third kappa shape index (κ3) is 2.27. The summed E-state index contributed by atoms with van der Waals surface area (Å²) < 4.78 is 8.11. The van der Waals surface area contributed by atoms with Gasteiger partial charge in [-0.15, -0.1) is 11.6 Å². The number of ether oxygens (including phenoxy) is 1. The van der Waals surface area contributed by atoms with Gasteiger partial charge in [-0.05, 0) is 24.3 Å². The van der Waals surface area contributed by atoms with Crippen molar-refractivity contribution < 1.29 is 4.74 Å². The number of rotatable bonds is 3. The lowest BCUT2D eigenvalue weighted by molar-refractivity contribution is 0.399. The number of halogens is 2. The molecule has 2 aromatic heterocycles. The summed E-state index contributed by atoms with van der Waals surface area (Å²) in [7, 11) is 1.59. The van der Waals surface area contributed by atoms with E-state index >= 15 is 0 Å². The number of hydrogen-bond acceptors (Lipinski definition) is 3. The van der Waals surface area contributed by atoms with E-state index < -0.39 is 0 Å². The van der Waals surface area contributed by atoms with Crippen LogP contribution in [0.1, 0.15) is 5.82 Å². The number of alkyl halides is 1. The standard InChI is InChI=1S/C14H11BrClN3O/c1-20-13-6-5-11-14(18-13)19(12(8-16)17-11)10-4-2-3-9(15)7-10/h2-7H,8H2,1H3. The third-order valence-electron chi connectivity index (χ3n) is 2.94. The topological polar surface area (TPSA) is 39.9 Å². The van der Waals surface area contributed by atoms with E-state index in [1.165, 1.54) is 0 Å². The molecule has 2 heterocycles. The smallest absolute Gasteiger partial charge is 0.215 e. The van der Waals surface area contributed by atoms with Crippen LogP contribution in [0.5, 0.6) is 5.88 Å². The van der Waals surface area contributed by atoms with Crippen LogP contribution in [0.15, 0.2) is 40.9 Å². The molecule has 0 saturated heterocycles. The van der Waals surface area contributed by atoms with Crippen LogP contribution >= 0.6 is 27.5 Å². The molecular weight excluding hydrogens is 342 g/mol. The Morgan fingerprint density at radius 3 is 2.80 bits per heavy atom. The lowest BCUT2D eigenvalue weighted by Crippen LogP contribution is -2.00. The minimum absolute atomic E-state index is 0.311. The molecule has 0 fully saturated rings. The highest BCUT2D eigenvalue weighted by Crippen LogP contribution is 2.25. The van der Waals surface area contributed by atoms with Gasteiger partial charge in [-0.25, -0.2) is 4.98 Å². The Bertz CT molecular complexity index is 772. The Kier molecular flexibility index (Phi) is 3.63. The van der Waals surface area contributed by atoms with Gasteiger partial charge in [0.2, 0.25) is 5.88 Å². The molecule has 1 aromatic carbocycles. The predicted octanol–water partition coefficient (Wildman–Crippen LogP) is 3.93. The number of benzene rings is 1. The van der Waals surface area contributed by atoms with E-state index in [-0.39, 0.29) is 0 Å². The zero-order valence-corrected chi connectivity index (χ0v) is 13.0. The van der Waals surface area contributed by atoms with Gasteiger partial charge in [0, 0.05) is 10.5 Å². The molecule has 0 saturated carbocycles. The molecule has 3 rings (SSSR count). The quantitative estimate of drug-likeness (QED) is 0.671. The van der Waals surface area contributed by atoms with Gasteiger partial charge >= 0.3 is 0 Å². The zero-order chi connectivity index (χ0) is 14.1. The van der Waals surface area contributed by atoms with Crippen molar-refractivity contribution in [2.45, 2.75) is 5.88 Å². The van der Waals surface area contributed by atoms with Crippen LogP contribution in [0, 0.1) is 0 Å². The molecule has 4 nitrogen and oxygen atoms in total. The van der Waals surface area contributed by atoms with E-state index in [0.717, 1.165) is 27.1 Å². The van der Waals surface area contributed by atoms with Crippen LogP contribution in [-0.2, 0) is 5.88 Å². The van der Waals surface area contributed by atoms with Crippen molar-refractivity contribution in [1.82, 2.24) is 14.5 Å². The van der Waals surface area contributed by atoms with Crippen LogP contribution in [0.4, 0.5) is 0 Å². The molecule has 0 bridgehead atoms. The van der Waals surface area contributed by atoms with Gasteiger partial charge in [0.25, 0.3) is 0 Å². The fraction of sp³-hybridized carbons (Fsp3) is 0.143. The van der Waals surface area contributed by atoms with Gasteiger partial charge in [-0.2, -0.15) is 4.98 Å². The summed E-state index contributed by atoms with van der Waals surface area (Å²) in [4.78, 5) is 8.98. The van der Waals surface area contributed by atoms with E-state index in [9.17, 15) is 0 Å². The summed E-state index contributed by atoms with van der Waals surface area (Å²) in [6.45, 7) is 0. The van der Waals surface area contributed by atoms with E-state index in [2.05, 4.69) is 25.9 Å². The molecule has 0 amide bonds. The molecule has 0 N–H and O–H groups in total. The second-order valence-corrected chi connectivity index (χ2v) is 5.36. The van der Waals surface area contributed by atoms with Crippen molar-refractivity contribution in [3.05, 3.63) is 46.7 Å². The highest BCUT2D eigenvalue weighted by molar-refractivity contribution is 9.10. The molecule has 0 aliphatic carbocycles. The van der Waals surface area contributed by atoms with Crippen LogP contribution in [0.2, 0.25) is 0 Å².